The molecule has 1 aromatic heterocycles. The fourth-order valence-electron chi connectivity index (χ4n) is 1.64. The molecule has 0 unspecified atom stereocenters. The molecule has 4 heteroatoms. The van der Waals surface area contributed by atoms with Gasteiger partial charge in [-0.1, -0.05) is 6.08 Å². The van der Waals surface area contributed by atoms with Gasteiger partial charge in [0.05, 0.1) is 7.11 Å². The van der Waals surface area contributed by atoms with Crippen molar-refractivity contribution in [1.29, 1.82) is 0 Å². The minimum absolute atomic E-state index is 0.182. The highest BCUT2D eigenvalue weighted by Crippen LogP contribution is 2.24. The highest BCUT2D eigenvalue weighted by Gasteiger charge is 2.03. The molecule has 0 bridgehead atoms. The number of benzene rings is 1. The number of furan rings is 1. The van der Waals surface area contributed by atoms with Gasteiger partial charge in [0.2, 0.25) is 5.91 Å². The lowest BCUT2D eigenvalue weighted by Gasteiger charge is -1.96. The summed E-state index contributed by atoms with van der Waals surface area (Å²) in [4.78, 5) is 11.4. The van der Waals surface area contributed by atoms with Gasteiger partial charge in [0.15, 0.2) is 0 Å². The van der Waals surface area contributed by atoms with Gasteiger partial charge in [0.25, 0.3) is 0 Å². The Morgan fingerprint density at radius 2 is 2.32 bits per heavy atom. The minimum atomic E-state index is -0.182. The van der Waals surface area contributed by atoms with E-state index in [4.69, 9.17) is 9.15 Å². The first-order valence-corrected chi connectivity index (χ1v) is 5.87. The molecule has 0 saturated carbocycles. The van der Waals surface area contributed by atoms with E-state index in [0.29, 0.717) is 12.3 Å². The number of amides is 1. The van der Waals surface area contributed by atoms with Crippen LogP contribution in [0.5, 0.6) is 5.75 Å². The monoisotopic (exact) mass is 257 g/mol. The van der Waals surface area contributed by atoms with Gasteiger partial charge in [-0.2, -0.15) is 0 Å². The van der Waals surface area contributed by atoms with Crippen LogP contribution in [0.25, 0.3) is 17.0 Å². The van der Waals surface area contributed by atoms with Gasteiger partial charge < -0.3 is 14.5 Å². The molecule has 0 aliphatic rings. The normalized spacial score (nSPS) is 10.8. The molecular weight excluding hydrogens is 242 g/mol. The van der Waals surface area contributed by atoms with Gasteiger partial charge in [-0.15, -0.1) is 6.58 Å². The summed E-state index contributed by atoms with van der Waals surface area (Å²) < 4.78 is 10.7. The van der Waals surface area contributed by atoms with Gasteiger partial charge in [-0.3, -0.25) is 4.79 Å². The van der Waals surface area contributed by atoms with Gasteiger partial charge in [-0.25, -0.2) is 0 Å². The largest absolute Gasteiger partial charge is 0.497 e. The topological polar surface area (TPSA) is 51.5 Å². The van der Waals surface area contributed by atoms with Gasteiger partial charge in [-0.05, 0) is 30.3 Å². The van der Waals surface area contributed by atoms with Crippen molar-refractivity contribution in [3.05, 3.63) is 48.8 Å². The van der Waals surface area contributed by atoms with Crippen molar-refractivity contribution in [2.75, 3.05) is 13.7 Å². The molecule has 1 amide bonds. The number of hydrogen-bond acceptors (Lipinski definition) is 3. The molecule has 0 atom stereocenters. The zero-order valence-electron chi connectivity index (χ0n) is 10.7. The van der Waals surface area contributed by atoms with E-state index < -0.39 is 0 Å². The molecule has 0 saturated heterocycles. The number of carbonyl (C=O) groups is 1. The van der Waals surface area contributed by atoms with Crippen molar-refractivity contribution < 1.29 is 13.9 Å². The molecule has 0 aliphatic heterocycles. The van der Waals surface area contributed by atoms with Crippen LogP contribution >= 0.6 is 0 Å². The average molecular weight is 257 g/mol. The van der Waals surface area contributed by atoms with E-state index in [9.17, 15) is 4.79 Å². The molecule has 0 fully saturated rings. The van der Waals surface area contributed by atoms with E-state index >= 15 is 0 Å². The number of nitrogens with one attached hydrogen (secondary N) is 1. The minimum Gasteiger partial charge on any atom is -0.497 e. The first-order chi connectivity index (χ1) is 9.22. The lowest BCUT2D eigenvalue weighted by atomic mass is 10.2. The van der Waals surface area contributed by atoms with Crippen LogP contribution in [-0.4, -0.2) is 19.6 Å². The standard InChI is InChI=1S/C15H15NO3/c1-3-8-16-15(17)7-5-13-10-11-9-12(18-2)4-6-14(11)19-13/h3-7,9-10H,1,8H2,2H3,(H,16,17). The summed E-state index contributed by atoms with van der Waals surface area (Å²) in [5.74, 6) is 1.21. The summed E-state index contributed by atoms with van der Waals surface area (Å²) in [6.45, 7) is 3.97. The Morgan fingerprint density at radius 1 is 1.47 bits per heavy atom. The van der Waals surface area contributed by atoms with Crippen LogP contribution in [-0.2, 0) is 4.79 Å². The van der Waals surface area contributed by atoms with Crippen LogP contribution < -0.4 is 10.1 Å². The smallest absolute Gasteiger partial charge is 0.244 e. The molecule has 0 spiro atoms. The van der Waals surface area contributed by atoms with E-state index in [0.717, 1.165) is 16.7 Å². The predicted octanol–water partition coefficient (Wildman–Crippen LogP) is 2.76. The second-order valence-corrected chi connectivity index (χ2v) is 3.92. The Balaban J connectivity index is 2.15. The van der Waals surface area contributed by atoms with E-state index in [2.05, 4.69) is 11.9 Å². The molecule has 19 heavy (non-hydrogen) atoms. The number of rotatable bonds is 5. The van der Waals surface area contributed by atoms with Crippen LogP contribution in [0.2, 0.25) is 0 Å². The van der Waals surface area contributed by atoms with E-state index in [-0.39, 0.29) is 5.91 Å². The summed E-state index contributed by atoms with van der Waals surface area (Å²) in [7, 11) is 1.62. The third-order valence-electron chi connectivity index (χ3n) is 2.56. The molecule has 1 N–H and O–H groups in total. The average Bonchev–Trinajstić information content (AvgIpc) is 2.84. The predicted molar refractivity (Wildman–Crippen MR) is 75.0 cm³/mol. The zero-order chi connectivity index (χ0) is 13.7. The summed E-state index contributed by atoms with van der Waals surface area (Å²) in [5, 5.41) is 3.58. The van der Waals surface area contributed by atoms with Crippen molar-refractivity contribution in [1.82, 2.24) is 5.32 Å². The summed E-state index contributed by atoms with van der Waals surface area (Å²) in [6, 6.07) is 7.41. The molecule has 1 heterocycles. The SMILES string of the molecule is C=CCNC(=O)C=Cc1cc2cc(OC)ccc2o1. The third-order valence-corrected chi connectivity index (χ3v) is 2.56. The summed E-state index contributed by atoms with van der Waals surface area (Å²) in [5.41, 5.74) is 0.756. The van der Waals surface area contributed by atoms with Gasteiger partial charge in [0.1, 0.15) is 17.1 Å². The first-order valence-electron chi connectivity index (χ1n) is 5.87. The van der Waals surface area contributed by atoms with Crippen molar-refractivity contribution in [2.45, 2.75) is 0 Å². The number of methoxy groups -OCH3 is 1. The quantitative estimate of drug-likeness (QED) is 0.662. The van der Waals surface area contributed by atoms with Gasteiger partial charge >= 0.3 is 0 Å². The fraction of sp³-hybridized carbons (Fsp3) is 0.133. The lowest BCUT2D eigenvalue weighted by Crippen LogP contribution is -2.20. The summed E-state index contributed by atoms with van der Waals surface area (Å²) in [6.07, 6.45) is 4.68. The van der Waals surface area contributed by atoms with Crippen LogP contribution in [0.4, 0.5) is 0 Å². The maximum Gasteiger partial charge on any atom is 0.244 e. The number of carbonyl (C=O) groups excluding carboxylic acids is 1. The highest BCUT2D eigenvalue weighted by molar-refractivity contribution is 5.92. The van der Waals surface area contributed by atoms with Crippen LogP contribution in [0.1, 0.15) is 5.76 Å². The second kappa shape index (κ2) is 5.91. The number of ether oxygens (including phenoxy) is 1. The molecular formula is C15H15NO3. The van der Waals surface area contributed by atoms with E-state index in [1.165, 1.54) is 6.08 Å². The number of fused-ring (bicyclic) bond motifs is 1. The van der Waals surface area contributed by atoms with E-state index in [1.54, 1.807) is 19.3 Å². The lowest BCUT2D eigenvalue weighted by molar-refractivity contribution is -0.116. The third kappa shape index (κ3) is 3.25. The highest BCUT2D eigenvalue weighted by atomic mass is 16.5. The van der Waals surface area contributed by atoms with Crippen molar-refractivity contribution in [3.8, 4) is 5.75 Å². The first kappa shape index (κ1) is 13.0. The Bertz CT molecular complexity index is 625. The molecule has 2 rings (SSSR count). The van der Waals surface area contributed by atoms with Crippen molar-refractivity contribution >= 4 is 23.0 Å². The molecule has 0 radical (unpaired) electrons. The Labute approximate surface area is 111 Å². The number of hydrogen-bond donors (Lipinski definition) is 1. The summed E-state index contributed by atoms with van der Waals surface area (Å²) >= 11 is 0. The van der Waals surface area contributed by atoms with Crippen LogP contribution in [0, 0.1) is 0 Å². The Kier molecular flexibility index (Phi) is 4.03. The molecule has 98 valence electrons. The molecule has 2 aromatic rings. The second-order valence-electron chi connectivity index (χ2n) is 3.92. The molecule has 1 aromatic carbocycles. The maximum absolute atomic E-state index is 11.4. The van der Waals surface area contributed by atoms with Gasteiger partial charge in [0, 0.05) is 18.0 Å². The zero-order valence-corrected chi connectivity index (χ0v) is 10.7. The maximum atomic E-state index is 11.4. The van der Waals surface area contributed by atoms with Crippen molar-refractivity contribution in [3.63, 3.8) is 0 Å². The Hall–Kier alpha value is -2.49. The fourth-order valence-corrected chi connectivity index (χ4v) is 1.64. The van der Waals surface area contributed by atoms with Crippen LogP contribution in [0.15, 0.2) is 47.4 Å². The van der Waals surface area contributed by atoms with E-state index in [1.807, 2.05) is 24.3 Å². The molecule has 4 nitrogen and oxygen atoms in total. The Morgan fingerprint density at radius 3 is 3.05 bits per heavy atom. The molecule has 0 aliphatic carbocycles. The van der Waals surface area contributed by atoms with Crippen LogP contribution in [0.3, 0.4) is 0 Å². The van der Waals surface area contributed by atoms with Crippen molar-refractivity contribution in [2.24, 2.45) is 0 Å².